The smallest absolute Gasteiger partial charge is 0.342 e. The van der Waals surface area contributed by atoms with Crippen LogP contribution in [-0.2, 0) is 17.6 Å². The van der Waals surface area contributed by atoms with Gasteiger partial charge in [-0.05, 0) is 48.4 Å². The molecule has 2 aromatic rings. The number of thiophene rings is 1. The number of benzene rings is 1. The molecule has 4 heteroatoms. The Morgan fingerprint density at radius 2 is 2.09 bits per heavy atom. The molecule has 3 nitrogen and oxygen atoms in total. The van der Waals surface area contributed by atoms with E-state index in [4.69, 9.17) is 4.74 Å². The fourth-order valence-electron chi connectivity index (χ4n) is 2.69. The molecule has 0 unspecified atom stereocenters. The highest BCUT2D eigenvalue weighted by Crippen LogP contribution is 2.38. The topological polar surface area (TPSA) is 46.5 Å². The van der Waals surface area contributed by atoms with E-state index in [2.05, 4.69) is 6.92 Å². The molecule has 1 heterocycles. The SMILES string of the molecule is CCCc1cc(-c2cccs2)c(C(=O)OCC)c(O)c1CC. The average Bonchev–Trinajstić information content (AvgIpc) is 3.01. The summed E-state index contributed by atoms with van der Waals surface area (Å²) in [5.41, 5.74) is 3.02. The van der Waals surface area contributed by atoms with Gasteiger partial charge >= 0.3 is 5.97 Å². The van der Waals surface area contributed by atoms with Crippen LogP contribution < -0.4 is 0 Å². The Kier molecular flexibility index (Phi) is 5.61. The summed E-state index contributed by atoms with van der Waals surface area (Å²) in [7, 11) is 0. The van der Waals surface area contributed by atoms with E-state index in [1.54, 1.807) is 18.3 Å². The van der Waals surface area contributed by atoms with Crippen molar-refractivity contribution in [1.29, 1.82) is 0 Å². The van der Waals surface area contributed by atoms with Crippen LogP contribution in [0.15, 0.2) is 23.6 Å². The summed E-state index contributed by atoms with van der Waals surface area (Å²) < 4.78 is 5.15. The second-order valence-electron chi connectivity index (χ2n) is 5.09. The Balaban J connectivity index is 2.70. The number of hydrogen-bond acceptors (Lipinski definition) is 4. The number of phenols is 1. The fourth-order valence-corrected chi connectivity index (χ4v) is 3.44. The first kappa shape index (κ1) is 16.6. The molecule has 22 heavy (non-hydrogen) atoms. The third-order valence-electron chi connectivity index (χ3n) is 3.64. The second kappa shape index (κ2) is 7.45. The minimum absolute atomic E-state index is 0.0790. The maximum absolute atomic E-state index is 12.3. The lowest BCUT2D eigenvalue weighted by Crippen LogP contribution is -2.09. The van der Waals surface area contributed by atoms with Gasteiger partial charge in [0, 0.05) is 10.4 Å². The molecule has 1 aromatic heterocycles. The molecule has 0 fully saturated rings. The van der Waals surface area contributed by atoms with E-state index in [1.807, 2.05) is 30.5 Å². The molecule has 2 rings (SSSR count). The summed E-state index contributed by atoms with van der Waals surface area (Å²) in [4.78, 5) is 13.3. The third kappa shape index (κ3) is 3.17. The predicted octanol–water partition coefficient (Wildman–Crippen LogP) is 4.81. The third-order valence-corrected chi connectivity index (χ3v) is 4.54. The van der Waals surface area contributed by atoms with Crippen LogP contribution in [0.3, 0.4) is 0 Å². The molecule has 1 N–H and O–H groups in total. The highest BCUT2D eigenvalue weighted by atomic mass is 32.1. The number of carbonyl (C=O) groups is 1. The molecule has 0 saturated carbocycles. The Hall–Kier alpha value is -1.81. The maximum atomic E-state index is 12.3. The zero-order valence-corrected chi connectivity index (χ0v) is 14.1. The van der Waals surface area contributed by atoms with Crippen LogP contribution in [0, 0.1) is 0 Å². The summed E-state index contributed by atoms with van der Waals surface area (Å²) >= 11 is 1.56. The van der Waals surface area contributed by atoms with Gasteiger partial charge in [0.15, 0.2) is 0 Å². The van der Waals surface area contributed by atoms with Gasteiger partial charge < -0.3 is 9.84 Å². The summed E-state index contributed by atoms with van der Waals surface area (Å²) in [6, 6.07) is 5.95. The van der Waals surface area contributed by atoms with Gasteiger partial charge in [0.05, 0.1) is 6.61 Å². The van der Waals surface area contributed by atoms with Crippen LogP contribution in [0.2, 0.25) is 0 Å². The van der Waals surface area contributed by atoms with Gasteiger partial charge in [-0.2, -0.15) is 0 Å². The van der Waals surface area contributed by atoms with Crippen LogP contribution in [0.1, 0.15) is 48.7 Å². The molecule has 0 aliphatic carbocycles. The molecule has 0 aliphatic rings. The van der Waals surface area contributed by atoms with Crippen LogP contribution in [-0.4, -0.2) is 17.7 Å². The molecule has 0 amide bonds. The number of aryl methyl sites for hydroxylation is 1. The number of esters is 1. The summed E-state index contributed by atoms with van der Waals surface area (Å²) in [5, 5.41) is 12.6. The van der Waals surface area contributed by atoms with Crippen molar-refractivity contribution in [2.45, 2.75) is 40.0 Å². The first-order valence-electron chi connectivity index (χ1n) is 7.72. The molecule has 0 radical (unpaired) electrons. The van der Waals surface area contributed by atoms with E-state index in [-0.39, 0.29) is 5.75 Å². The molecule has 0 aliphatic heterocycles. The first-order valence-corrected chi connectivity index (χ1v) is 8.60. The molecule has 118 valence electrons. The predicted molar refractivity (Wildman–Crippen MR) is 90.7 cm³/mol. The summed E-state index contributed by atoms with van der Waals surface area (Å²) in [6.07, 6.45) is 2.57. The number of hydrogen-bond donors (Lipinski definition) is 1. The van der Waals surface area contributed by atoms with Gasteiger partial charge in [-0.25, -0.2) is 4.79 Å². The first-order chi connectivity index (χ1) is 10.6. The van der Waals surface area contributed by atoms with E-state index in [0.29, 0.717) is 18.6 Å². The molecular weight excluding hydrogens is 296 g/mol. The van der Waals surface area contributed by atoms with Crippen molar-refractivity contribution in [3.63, 3.8) is 0 Å². The molecule has 1 aromatic carbocycles. The van der Waals surface area contributed by atoms with E-state index in [9.17, 15) is 9.90 Å². The largest absolute Gasteiger partial charge is 0.507 e. The Labute approximate surface area is 135 Å². The summed E-state index contributed by atoms with van der Waals surface area (Å²) in [6.45, 7) is 6.17. The van der Waals surface area contributed by atoms with Crippen LogP contribution >= 0.6 is 11.3 Å². The summed E-state index contributed by atoms with van der Waals surface area (Å²) in [5.74, 6) is -0.378. The minimum atomic E-state index is -0.457. The van der Waals surface area contributed by atoms with E-state index in [0.717, 1.165) is 34.4 Å². The Morgan fingerprint density at radius 1 is 1.32 bits per heavy atom. The van der Waals surface area contributed by atoms with Crippen molar-refractivity contribution < 1.29 is 14.6 Å². The standard InChI is InChI=1S/C18H22O3S/c1-4-8-12-11-14(15-9-7-10-22-15)16(18(20)21-6-3)17(19)13(12)5-2/h7,9-11,19H,4-6,8H2,1-3H3. The Morgan fingerprint density at radius 3 is 2.64 bits per heavy atom. The van der Waals surface area contributed by atoms with E-state index in [1.165, 1.54) is 0 Å². The van der Waals surface area contributed by atoms with Crippen LogP contribution in [0.4, 0.5) is 0 Å². The number of phenolic OH excluding ortho intramolecular Hbond substituents is 1. The Bertz CT molecular complexity index is 645. The molecule has 0 bridgehead atoms. The number of carbonyl (C=O) groups excluding carboxylic acids is 1. The zero-order valence-electron chi connectivity index (χ0n) is 13.3. The van der Waals surface area contributed by atoms with Gasteiger partial charge in [-0.15, -0.1) is 11.3 Å². The highest BCUT2D eigenvalue weighted by Gasteiger charge is 2.24. The van der Waals surface area contributed by atoms with Crippen molar-refractivity contribution in [3.05, 3.63) is 40.3 Å². The molecule has 0 atom stereocenters. The lowest BCUT2D eigenvalue weighted by molar-refractivity contribution is 0.0524. The van der Waals surface area contributed by atoms with Gasteiger partial charge in [-0.1, -0.05) is 26.3 Å². The zero-order chi connectivity index (χ0) is 16.1. The number of aromatic hydroxyl groups is 1. The van der Waals surface area contributed by atoms with Gasteiger partial charge in [0.2, 0.25) is 0 Å². The highest BCUT2D eigenvalue weighted by molar-refractivity contribution is 7.13. The van der Waals surface area contributed by atoms with Crippen molar-refractivity contribution in [1.82, 2.24) is 0 Å². The quantitative estimate of drug-likeness (QED) is 0.777. The van der Waals surface area contributed by atoms with E-state index < -0.39 is 5.97 Å². The number of rotatable bonds is 6. The van der Waals surface area contributed by atoms with Crippen molar-refractivity contribution in [2.75, 3.05) is 6.61 Å². The maximum Gasteiger partial charge on any atom is 0.342 e. The van der Waals surface area contributed by atoms with Crippen LogP contribution in [0.25, 0.3) is 10.4 Å². The lowest BCUT2D eigenvalue weighted by atomic mass is 9.92. The van der Waals surface area contributed by atoms with Gasteiger partial charge in [-0.3, -0.25) is 0 Å². The molecule has 0 spiro atoms. The van der Waals surface area contributed by atoms with E-state index >= 15 is 0 Å². The molecule has 0 saturated heterocycles. The average molecular weight is 318 g/mol. The normalized spacial score (nSPS) is 10.7. The van der Waals surface area contributed by atoms with Crippen molar-refractivity contribution in [2.24, 2.45) is 0 Å². The fraction of sp³-hybridized carbons (Fsp3) is 0.389. The minimum Gasteiger partial charge on any atom is -0.507 e. The van der Waals surface area contributed by atoms with Gasteiger partial charge in [0.1, 0.15) is 11.3 Å². The number of ether oxygens (including phenoxy) is 1. The van der Waals surface area contributed by atoms with Crippen molar-refractivity contribution in [3.8, 4) is 16.2 Å². The van der Waals surface area contributed by atoms with Crippen molar-refractivity contribution >= 4 is 17.3 Å². The van der Waals surface area contributed by atoms with Crippen LogP contribution in [0.5, 0.6) is 5.75 Å². The monoisotopic (exact) mass is 318 g/mol. The second-order valence-corrected chi connectivity index (χ2v) is 6.03. The molecular formula is C18H22O3S. The lowest BCUT2D eigenvalue weighted by Gasteiger charge is -2.17. The van der Waals surface area contributed by atoms with Gasteiger partial charge in [0.25, 0.3) is 0 Å².